The summed E-state index contributed by atoms with van der Waals surface area (Å²) in [4.78, 5) is 0. The third-order valence-electron chi connectivity index (χ3n) is 11.0. The first-order valence-corrected chi connectivity index (χ1v) is 17.8. The van der Waals surface area contributed by atoms with Gasteiger partial charge in [-0.1, -0.05) is 109 Å². The van der Waals surface area contributed by atoms with E-state index < -0.39 is 0 Å². The summed E-state index contributed by atoms with van der Waals surface area (Å²) >= 11 is 0. The lowest BCUT2D eigenvalue weighted by atomic mass is 10.1. The zero-order valence-corrected chi connectivity index (χ0v) is 28.0. The van der Waals surface area contributed by atoms with Gasteiger partial charge in [0.15, 0.2) is 5.58 Å². The number of benzene rings is 8. The molecule has 4 heterocycles. The summed E-state index contributed by atoms with van der Waals surface area (Å²) in [7, 11) is 0. The summed E-state index contributed by atoms with van der Waals surface area (Å²) in [6, 6.07) is 63.4. The second-order valence-corrected chi connectivity index (χ2v) is 13.7. The van der Waals surface area contributed by atoms with E-state index >= 15 is 0 Å². The van der Waals surface area contributed by atoms with Gasteiger partial charge in [0.2, 0.25) is 0 Å². The van der Waals surface area contributed by atoms with Gasteiger partial charge in [-0.2, -0.15) is 0 Å². The molecule has 0 aliphatic carbocycles. The second-order valence-electron chi connectivity index (χ2n) is 13.7. The molecule has 0 amide bonds. The minimum atomic E-state index is 0.812. The lowest BCUT2D eigenvalue weighted by molar-refractivity contribution is 0.661. The molecule has 0 unspecified atom stereocenters. The average Bonchev–Trinajstić information content (AvgIpc) is 3.83. The molecule has 52 heavy (non-hydrogen) atoms. The molecule has 12 aromatic rings. The first kappa shape index (κ1) is 27.7. The van der Waals surface area contributed by atoms with Gasteiger partial charge >= 0.3 is 0 Å². The summed E-state index contributed by atoms with van der Waals surface area (Å²) in [6.45, 7) is 0. The third-order valence-corrected chi connectivity index (χ3v) is 11.0. The zero-order valence-electron chi connectivity index (χ0n) is 28.0. The maximum absolute atomic E-state index is 6.99. The van der Waals surface area contributed by atoms with Crippen molar-refractivity contribution in [3.63, 3.8) is 0 Å². The molecule has 0 bridgehead atoms. The molecule has 0 radical (unpaired) electrons. The van der Waals surface area contributed by atoms with Gasteiger partial charge in [-0.05, 0) is 60.7 Å². The van der Waals surface area contributed by atoms with E-state index in [9.17, 15) is 0 Å². The molecule has 4 heteroatoms. The predicted octanol–water partition coefficient (Wildman–Crippen LogP) is 12.9. The van der Waals surface area contributed by atoms with Crippen LogP contribution >= 0.6 is 0 Å². The maximum Gasteiger partial charge on any atom is 0.153 e. The largest absolute Gasteiger partial charge is 0.454 e. The van der Waals surface area contributed by atoms with Crippen LogP contribution < -0.4 is 0 Å². The molecule has 0 saturated carbocycles. The first-order valence-electron chi connectivity index (χ1n) is 17.8. The topological polar surface area (TPSA) is 27.4 Å². The van der Waals surface area contributed by atoms with Gasteiger partial charge in [-0.15, -0.1) is 0 Å². The highest BCUT2D eigenvalue weighted by molar-refractivity contribution is 6.20. The van der Waals surface area contributed by atoms with Crippen LogP contribution in [0.5, 0.6) is 0 Å². The van der Waals surface area contributed by atoms with Crippen molar-refractivity contribution in [1.82, 2.24) is 13.5 Å². The van der Waals surface area contributed by atoms with Crippen molar-refractivity contribution in [1.29, 1.82) is 0 Å². The standard InChI is InChI=1S/C48H29N3O/c1-6-19-40-32(12-1)33-13-2-7-20-41(33)49(40)30-24-26-44-39(28-30)38-18-11-17-37-36-16-5-10-23-46(36)52-47-29-31(25-27-45(47)51(44)48(37)38)50-42-21-8-3-14-34(42)35-15-4-9-22-43(35)50/h1-29H. The summed E-state index contributed by atoms with van der Waals surface area (Å²) in [6.07, 6.45) is 0. The van der Waals surface area contributed by atoms with Crippen LogP contribution in [0, 0.1) is 0 Å². The van der Waals surface area contributed by atoms with E-state index in [0.717, 1.165) is 44.3 Å². The van der Waals surface area contributed by atoms with E-state index in [0.29, 0.717) is 0 Å². The van der Waals surface area contributed by atoms with Crippen molar-refractivity contribution in [3.8, 4) is 11.4 Å². The summed E-state index contributed by atoms with van der Waals surface area (Å²) in [5, 5.41) is 9.64. The fraction of sp³-hybridized carbons (Fsp3) is 0. The number of nitrogens with zero attached hydrogens (tertiary/aromatic N) is 3. The van der Waals surface area contributed by atoms with Gasteiger partial charge in [0.25, 0.3) is 0 Å². The summed E-state index contributed by atoms with van der Waals surface area (Å²) in [5.41, 5.74) is 11.9. The number of para-hydroxylation sites is 6. The van der Waals surface area contributed by atoms with Crippen molar-refractivity contribution in [3.05, 3.63) is 176 Å². The van der Waals surface area contributed by atoms with E-state index in [4.69, 9.17) is 4.42 Å². The fourth-order valence-electron chi connectivity index (χ4n) is 8.87. The van der Waals surface area contributed by atoms with Crippen LogP contribution in [0.15, 0.2) is 180 Å². The minimum Gasteiger partial charge on any atom is -0.454 e. The van der Waals surface area contributed by atoms with Gasteiger partial charge in [0.1, 0.15) is 5.58 Å². The van der Waals surface area contributed by atoms with E-state index in [2.05, 4.69) is 189 Å². The number of hydrogen-bond donors (Lipinski definition) is 0. The van der Waals surface area contributed by atoms with Crippen LogP contribution in [-0.2, 0) is 0 Å². The molecule has 8 aromatic carbocycles. The average molecular weight is 664 g/mol. The van der Waals surface area contributed by atoms with Crippen LogP contribution in [0.4, 0.5) is 0 Å². The normalized spacial score (nSPS) is 12.2. The van der Waals surface area contributed by atoms with Crippen molar-refractivity contribution < 1.29 is 4.42 Å². The lowest BCUT2D eigenvalue weighted by Crippen LogP contribution is -1.95. The molecule has 4 aromatic heterocycles. The van der Waals surface area contributed by atoms with E-state index in [1.807, 2.05) is 0 Å². The Bertz CT molecular complexity index is 3370. The van der Waals surface area contributed by atoms with Crippen LogP contribution in [0.3, 0.4) is 0 Å². The molecule has 12 rings (SSSR count). The van der Waals surface area contributed by atoms with Crippen molar-refractivity contribution in [2.24, 2.45) is 0 Å². The predicted molar refractivity (Wildman–Crippen MR) is 217 cm³/mol. The highest BCUT2D eigenvalue weighted by atomic mass is 16.3. The highest BCUT2D eigenvalue weighted by Crippen LogP contribution is 2.40. The van der Waals surface area contributed by atoms with Crippen LogP contribution in [0.1, 0.15) is 0 Å². The molecule has 0 atom stereocenters. The van der Waals surface area contributed by atoms with Gasteiger partial charge < -0.3 is 18.0 Å². The molecule has 0 N–H and O–H groups in total. The van der Waals surface area contributed by atoms with E-state index in [1.54, 1.807) is 0 Å². The van der Waals surface area contributed by atoms with Crippen LogP contribution in [0.2, 0.25) is 0 Å². The smallest absolute Gasteiger partial charge is 0.153 e. The van der Waals surface area contributed by atoms with Gasteiger partial charge in [-0.3, -0.25) is 0 Å². The molecule has 0 saturated heterocycles. The SMILES string of the molecule is c1ccc2c(c1)oc1cc(-n3c4ccccc4c4ccccc43)ccc1n1c3ccc(-n4c5ccccc5c5ccccc54)cc3c3cccc2c31. The maximum atomic E-state index is 6.99. The second kappa shape index (κ2) is 10.3. The molecule has 0 aliphatic heterocycles. The van der Waals surface area contributed by atoms with Crippen molar-refractivity contribution in [2.75, 3.05) is 0 Å². The first-order chi connectivity index (χ1) is 25.8. The lowest BCUT2D eigenvalue weighted by Gasteiger charge is -2.11. The fourth-order valence-corrected chi connectivity index (χ4v) is 8.87. The Hall–Kier alpha value is -7.04. The quantitative estimate of drug-likeness (QED) is 0.181. The third kappa shape index (κ3) is 3.65. The van der Waals surface area contributed by atoms with Crippen LogP contribution in [-0.4, -0.2) is 13.5 Å². The van der Waals surface area contributed by atoms with Gasteiger partial charge in [-0.25, -0.2) is 0 Å². The molecule has 4 nitrogen and oxygen atoms in total. The molecule has 0 spiro atoms. The van der Waals surface area contributed by atoms with Crippen molar-refractivity contribution >= 4 is 92.9 Å². The number of rotatable bonds is 2. The number of fused-ring (bicyclic) bond motifs is 13. The Morgan fingerprint density at radius 1 is 0.288 bits per heavy atom. The Morgan fingerprint density at radius 2 is 0.731 bits per heavy atom. The molecular formula is C48H29N3O. The van der Waals surface area contributed by atoms with E-state index in [1.165, 1.54) is 59.9 Å². The molecule has 0 aliphatic rings. The molecule has 242 valence electrons. The van der Waals surface area contributed by atoms with Crippen LogP contribution in [0.25, 0.3) is 104 Å². The summed E-state index contributed by atoms with van der Waals surface area (Å²) in [5.74, 6) is 0. The molecule has 0 fully saturated rings. The zero-order chi connectivity index (χ0) is 33.9. The van der Waals surface area contributed by atoms with Gasteiger partial charge in [0.05, 0.1) is 44.3 Å². The Kier molecular flexibility index (Phi) is 5.47. The Morgan fingerprint density at radius 3 is 1.31 bits per heavy atom. The number of aromatic nitrogens is 3. The monoisotopic (exact) mass is 663 g/mol. The van der Waals surface area contributed by atoms with E-state index in [-0.39, 0.29) is 0 Å². The Balaban J connectivity index is 1.22. The Labute approximate surface area is 297 Å². The summed E-state index contributed by atoms with van der Waals surface area (Å²) < 4.78 is 14.2. The van der Waals surface area contributed by atoms with Crippen molar-refractivity contribution in [2.45, 2.75) is 0 Å². The van der Waals surface area contributed by atoms with Gasteiger partial charge in [0, 0.05) is 54.8 Å². The number of hydrogen-bond acceptors (Lipinski definition) is 1. The molecular weight excluding hydrogens is 635 g/mol. The minimum absolute atomic E-state index is 0.812. The highest BCUT2D eigenvalue weighted by Gasteiger charge is 2.19.